The zero-order valence-electron chi connectivity index (χ0n) is 17.8. The van der Waals surface area contributed by atoms with Crippen molar-refractivity contribution in [3.63, 3.8) is 0 Å². The van der Waals surface area contributed by atoms with Gasteiger partial charge in [-0.1, -0.05) is 24.3 Å². The van der Waals surface area contributed by atoms with Crippen molar-refractivity contribution in [1.29, 1.82) is 5.26 Å². The van der Waals surface area contributed by atoms with Crippen LogP contribution >= 0.6 is 0 Å². The van der Waals surface area contributed by atoms with Gasteiger partial charge >= 0.3 is 0 Å². The number of nitriles is 1. The van der Waals surface area contributed by atoms with Crippen molar-refractivity contribution < 1.29 is 0 Å². The first-order valence-electron chi connectivity index (χ1n) is 10.5. The van der Waals surface area contributed by atoms with E-state index >= 15 is 0 Å². The quantitative estimate of drug-likeness (QED) is 0.449. The number of benzene rings is 2. The third-order valence-corrected chi connectivity index (χ3v) is 5.82. The molecule has 4 aromatic heterocycles. The van der Waals surface area contributed by atoms with Gasteiger partial charge in [0.15, 0.2) is 5.65 Å². The summed E-state index contributed by atoms with van der Waals surface area (Å²) in [5.41, 5.74) is 7.30. The summed E-state index contributed by atoms with van der Waals surface area (Å²) in [7, 11) is 1.91. The number of pyridine rings is 1. The van der Waals surface area contributed by atoms with Crippen molar-refractivity contribution in [3.8, 4) is 28.6 Å². The number of fused-ring (bicyclic) bond motifs is 2. The average Bonchev–Trinajstić information content (AvgIpc) is 3.58. The molecule has 0 saturated heterocycles. The van der Waals surface area contributed by atoms with Crippen molar-refractivity contribution in [2.24, 2.45) is 7.05 Å². The molecule has 0 aliphatic heterocycles. The fourth-order valence-electron chi connectivity index (χ4n) is 4.14. The van der Waals surface area contributed by atoms with E-state index in [1.807, 2.05) is 60.5 Å². The molecule has 0 fully saturated rings. The molecule has 4 heterocycles. The van der Waals surface area contributed by atoms with Gasteiger partial charge in [-0.3, -0.25) is 9.78 Å². The van der Waals surface area contributed by atoms with Crippen LogP contribution in [0, 0.1) is 11.3 Å². The lowest BCUT2D eigenvalue weighted by Gasteiger charge is -2.08. The minimum atomic E-state index is 0.600. The summed E-state index contributed by atoms with van der Waals surface area (Å²) < 4.78 is 3.75. The monoisotopic (exact) mass is 430 g/mol. The summed E-state index contributed by atoms with van der Waals surface area (Å²) in [5, 5.41) is 27.5. The van der Waals surface area contributed by atoms with Crippen molar-refractivity contribution in [3.05, 3.63) is 84.3 Å². The topological polar surface area (TPSA) is 101 Å². The molecule has 0 saturated carbocycles. The van der Waals surface area contributed by atoms with Crippen LogP contribution in [0.2, 0.25) is 0 Å². The lowest BCUT2D eigenvalue weighted by atomic mass is 10.1. The second-order valence-electron chi connectivity index (χ2n) is 7.92. The molecule has 0 aliphatic rings. The number of nitrogens with zero attached hydrogens (tertiary/aromatic N) is 7. The molecule has 8 nitrogen and oxygen atoms in total. The van der Waals surface area contributed by atoms with Crippen LogP contribution in [0.25, 0.3) is 44.5 Å². The minimum Gasteiger partial charge on any atom is -0.278 e. The predicted molar refractivity (Wildman–Crippen MR) is 125 cm³/mol. The number of hydrogen-bond acceptors (Lipinski definition) is 5. The molecule has 33 heavy (non-hydrogen) atoms. The molecule has 0 unspecified atom stereocenters. The highest BCUT2D eigenvalue weighted by atomic mass is 15.3. The highest BCUT2D eigenvalue weighted by molar-refractivity contribution is 5.95. The maximum absolute atomic E-state index is 9.03. The first-order chi connectivity index (χ1) is 16.2. The van der Waals surface area contributed by atoms with Crippen LogP contribution < -0.4 is 0 Å². The highest BCUT2D eigenvalue weighted by Crippen LogP contribution is 2.31. The third kappa shape index (κ3) is 3.23. The zero-order chi connectivity index (χ0) is 22.4. The number of aromatic amines is 1. The van der Waals surface area contributed by atoms with E-state index in [9.17, 15) is 0 Å². The molecule has 0 aliphatic carbocycles. The Morgan fingerprint density at radius 1 is 1.00 bits per heavy atom. The first-order valence-corrected chi connectivity index (χ1v) is 10.5. The molecule has 2 aromatic carbocycles. The van der Waals surface area contributed by atoms with Crippen LogP contribution in [0.5, 0.6) is 0 Å². The first kappa shape index (κ1) is 19.0. The minimum absolute atomic E-state index is 0.600. The van der Waals surface area contributed by atoms with E-state index < -0.39 is 0 Å². The standard InChI is InChI=1S/C25H18N8/c1-32-25-21(24(31-32)18-6-7-19-14-28-30-22(19)11-18)10-20(13-27-25)23-8-9-29-33(23)15-17-4-2-16(12-26)3-5-17/h2-11,13-14H,15H2,1H3,(H,28,30). The third-order valence-electron chi connectivity index (χ3n) is 5.82. The van der Waals surface area contributed by atoms with Gasteiger partial charge in [-0.25, -0.2) is 9.67 Å². The summed E-state index contributed by atoms with van der Waals surface area (Å²) in [6.07, 6.45) is 5.46. The van der Waals surface area contributed by atoms with Gasteiger partial charge in [0.2, 0.25) is 0 Å². The summed E-state index contributed by atoms with van der Waals surface area (Å²) >= 11 is 0. The number of nitrogens with one attached hydrogen (secondary N) is 1. The molecule has 6 aromatic rings. The van der Waals surface area contributed by atoms with Gasteiger partial charge < -0.3 is 0 Å². The number of aromatic nitrogens is 7. The largest absolute Gasteiger partial charge is 0.278 e. The van der Waals surface area contributed by atoms with Crippen molar-refractivity contribution in [2.75, 3.05) is 0 Å². The van der Waals surface area contributed by atoms with Crippen LogP contribution in [-0.4, -0.2) is 34.7 Å². The SMILES string of the molecule is Cn1nc(-c2ccc3cn[nH]c3c2)c2cc(-c3ccnn3Cc3ccc(C#N)cc3)cnc21. The van der Waals surface area contributed by atoms with Gasteiger partial charge in [0.05, 0.1) is 35.6 Å². The molecular formula is C25H18N8. The molecule has 0 radical (unpaired) electrons. The van der Waals surface area contributed by atoms with Crippen LogP contribution in [0.3, 0.4) is 0 Å². The van der Waals surface area contributed by atoms with Gasteiger partial charge in [-0.15, -0.1) is 0 Å². The molecule has 158 valence electrons. The van der Waals surface area contributed by atoms with Gasteiger partial charge in [0, 0.05) is 41.3 Å². The fraction of sp³-hybridized carbons (Fsp3) is 0.0800. The van der Waals surface area contributed by atoms with Crippen LogP contribution in [0.15, 0.2) is 73.2 Å². The molecule has 0 amide bonds. The number of rotatable bonds is 4. The van der Waals surface area contributed by atoms with E-state index in [4.69, 9.17) is 15.3 Å². The zero-order valence-corrected chi connectivity index (χ0v) is 17.8. The maximum atomic E-state index is 9.03. The van der Waals surface area contributed by atoms with Gasteiger partial charge in [-0.05, 0) is 35.9 Å². The van der Waals surface area contributed by atoms with Crippen LogP contribution in [0.1, 0.15) is 11.1 Å². The van der Waals surface area contributed by atoms with E-state index in [0.717, 1.165) is 50.0 Å². The van der Waals surface area contributed by atoms with Gasteiger partial charge in [0.1, 0.15) is 5.69 Å². The lowest BCUT2D eigenvalue weighted by molar-refractivity contribution is 0.694. The van der Waals surface area contributed by atoms with E-state index in [1.165, 1.54) is 0 Å². The molecule has 0 spiro atoms. The summed E-state index contributed by atoms with van der Waals surface area (Å²) in [6.45, 7) is 0.600. The highest BCUT2D eigenvalue weighted by Gasteiger charge is 2.15. The Bertz CT molecular complexity index is 1660. The van der Waals surface area contributed by atoms with E-state index in [0.29, 0.717) is 12.1 Å². The Balaban J connectivity index is 1.42. The summed E-state index contributed by atoms with van der Waals surface area (Å²) in [4.78, 5) is 4.71. The van der Waals surface area contributed by atoms with E-state index in [-0.39, 0.29) is 0 Å². The number of H-pyrrole nitrogens is 1. The Hall–Kier alpha value is -4.77. The van der Waals surface area contributed by atoms with E-state index in [2.05, 4.69) is 39.6 Å². The maximum Gasteiger partial charge on any atom is 0.158 e. The van der Waals surface area contributed by atoms with Gasteiger partial charge in [0.25, 0.3) is 0 Å². The fourth-order valence-corrected chi connectivity index (χ4v) is 4.14. The average molecular weight is 430 g/mol. The predicted octanol–water partition coefficient (Wildman–Crippen LogP) is 4.30. The van der Waals surface area contributed by atoms with Crippen LogP contribution in [-0.2, 0) is 13.6 Å². The number of aryl methyl sites for hydroxylation is 1. The summed E-state index contributed by atoms with van der Waals surface area (Å²) in [5.74, 6) is 0. The smallest absolute Gasteiger partial charge is 0.158 e. The normalized spacial score (nSPS) is 11.3. The lowest BCUT2D eigenvalue weighted by Crippen LogP contribution is -2.04. The molecule has 1 N–H and O–H groups in total. The van der Waals surface area contributed by atoms with Crippen LogP contribution in [0.4, 0.5) is 0 Å². The molecule has 0 bridgehead atoms. The number of hydrogen-bond donors (Lipinski definition) is 1. The molecule has 0 atom stereocenters. The Labute approximate surface area is 188 Å². The Morgan fingerprint density at radius 2 is 1.88 bits per heavy atom. The van der Waals surface area contributed by atoms with Crippen molar-refractivity contribution in [2.45, 2.75) is 6.54 Å². The van der Waals surface area contributed by atoms with Crippen molar-refractivity contribution >= 4 is 21.9 Å². The second-order valence-corrected chi connectivity index (χ2v) is 7.92. The molecular weight excluding hydrogens is 412 g/mol. The molecule has 6 rings (SSSR count). The molecule has 8 heteroatoms. The van der Waals surface area contributed by atoms with Gasteiger partial charge in [-0.2, -0.15) is 20.6 Å². The Morgan fingerprint density at radius 3 is 2.73 bits per heavy atom. The Kier molecular flexibility index (Phi) is 4.27. The van der Waals surface area contributed by atoms with E-state index in [1.54, 1.807) is 10.9 Å². The van der Waals surface area contributed by atoms with Crippen molar-refractivity contribution in [1.82, 2.24) is 34.7 Å². The second kappa shape index (κ2) is 7.43. The summed E-state index contributed by atoms with van der Waals surface area (Å²) in [6, 6.07) is 20.0.